The van der Waals surface area contributed by atoms with E-state index in [2.05, 4.69) is 21.2 Å². The first-order chi connectivity index (χ1) is 7.75. The lowest BCUT2D eigenvalue weighted by Gasteiger charge is -2.03. The maximum absolute atomic E-state index is 11.7. The van der Waals surface area contributed by atoms with Gasteiger partial charge in [0.2, 0.25) is 0 Å². The monoisotopic (exact) mass is 279 g/mol. The molecule has 0 bridgehead atoms. The quantitative estimate of drug-likeness (QED) is 0.939. The summed E-state index contributed by atoms with van der Waals surface area (Å²) in [4.78, 5) is 11.7. The van der Waals surface area contributed by atoms with E-state index in [-0.39, 0.29) is 5.91 Å². The minimum absolute atomic E-state index is 0.0892. The molecule has 0 radical (unpaired) electrons. The molecule has 0 aliphatic carbocycles. The summed E-state index contributed by atoms with van der Waals surface area (Å²) in [6.45, 7) is 0.478. The van der Waals surface area contributed by atoms with Crippen LogP contribution in [0.3, 0.4) is 0 Å². The number of amides is 1. The summed E-state index contributed by atoms with van der Waals surface area (Å²) in [7, 11) is 0. The number of carbonyl (C=O) groups excluding carboxylic acids is 1. The molecule has 0 atom stereocenters. The molecule has 3 nitrogen and oxygen atoms in total. The highest BCUT2D eigenvalue weighted by atomic mass is 79.9. The van der Waals surface area contributed by atoms with E-state index in [0.717, 1.165) is 10.0 Å². The molecule has 16 heavy (non-hydrogen) atoms. The van der Waals surface area contributed by atoms with Crippen molar-refractivity contribution in [3.05, 3.63) is 58.5 Å². The standard InChI is InChI=1S/C12H10BrNO2/c13-11-3-1-10(2-4-11)12(15)14-7-9-5-6-16-8-9/h1-6,8H,7H2,(H,14,15). The first-order valence-electron chi connectivity index (χ1n) is 4.80. The zero-order chi connectivity index (χ0) is 11.4. The third-order valence-electron chi connectivity index (χ3n) is 2.14. The second-order valence-electron chi connectivity index (χ2n) is 3.32. The summed E-state index contributed by atoms with van der Waals surface area (Å²) in [6.07, 6.45) is 3.20. The lowest BCUT2D eigenvalue weighted by Crippen LogP contribution is -2.22. The van der Waals surface area contributed by atoms with Crippen molar-refractivity contribution in [1.82, 2.24) is 5.32 Å². The molecule has 82 valence electrons. The number of hydrogen-bond acceptors (Lipinski definition) is 2. The van der Waals surface area contributed by atoms with Crippen LogP contribution >= 0.6 is 15.9 Å². The van der Waals surface area contributed by atoms with Crippen LogP contribution in [0, 0.1) is 0 Å². The summed E-state index contributed by atoms with van der Waals surface area (Å²) in [5, 5.41) is 2.81. The normalized spacial score (nSPS) is 10.1. The van der Waals surface area contributed by atoms with E-state index in [0.29, 0.717) is 12.1 Å². The van der Waals surface area contributed by atoms with Gasteiger partial charge in [-0.3, -0.25) is 4.79 Å². The molecule has 0 aliphatic rings. The van der Waals surface area contributed by atoms with Gasteiger partial charge in [-0.15, -0.1) is 0 Å². The van der Waals surface area contributed by atoms with Crippen LogP contribution in [0.1, 0.15) is 15.9 Å². The Morgan fingerprint density at radius 3 is 2.62 bits per heavy atom. The van der Waals surface area contributed by atoms with Crippen molar-refractivity contribution < 1.29 is 9.21 Å². The van der Waals surface area contributed by atoms with Gasteiger partial charge in [-0.25, -0.2) is 0 Å². The van der Waals surface area contributed by atoms with Crippen LogP contribution in [0.2, 0.25) is 0 Å². The van der Waals surface area contributed by atoms with Crippen LogP contribution in [0.25, 0.3) is 0 Å². The van der Waals surface area contributed by atoms with Gasteiger partial charge in [-0.1, -0.05) is 15.9 Å². The molecule has 0 saturated heterocycles. The predicted molar refractivity (Wildman–Crippen MR) is 64.0 cm³/mol. The molecule has 2 rings (SSSR count). The minimum Gasteiger partial charge on any atom is -0.472 e. The third kappa shape index (κ3) is 2.73. The van der Waals surface area contributed by atoms with Crippen molar-refractivity contribution in [1.29, 1.82) is 0 Å². The molecule has 0 fully saturated rings. The Morgan fingerprint density at radius 2 is 2.00 bits per heavy atom. The Kier molecular flexibility index (Phi) is 3.41. The van der Waals surface area contributed by atoms with Crippen molar-refractivity contribution in [2.24, 2.45) is 0 Å². The SMILES string of the molecule is O=C(NCc1ccoc1)c1ccc(Br)cc1. The molecule has 1 aromatic carbocycles. The van der Waals surface area contributed by atoms with E-state index in [1.165, 1.54) is 0 Å². The molecular formula is C12H10BrNO2. The second kappa shape index (κ2) is 4.99. The molecule has 1 aromatic heterocycles. The van der Waals surface area contributed by atoms with E-state index in [4.69, 9.17) is 4.42 Å². The van der Waals surface area contributed by atoms with E-state index in [9.17, 15) is 4.79 Å². The lowest BCUT2D eigenvalue weighted by atomic mass is 10.2. The molecule has 0 spiro atoms. The van der Waals surface area contributed by atoms with Crippen LogP contribution in [0.15, 0.2) is 51.7 Å². The summed E-state index contributed by atoms with van der Waals surface area (Å²) in [5.74, 6) is -0.0892. The number of furan rings is 1. The fourth-order valence-corrected chi connectivity index (χ4v) is 1.54. The predicted octanol–water partition coefficient (Wildman–Crippen LogP) is 2.97. The molecule has 4 heteroatoms. The van der Waals surface area contributed by atoms with Gasteiger partial charge < -0.3 is 9.73 Å². The Bertz CT molecular complexity index is 462. The largest absolute Gasteiger partial charge is 0.472 e. The fourth-order valence-electron chi connectivity index (χ4n) is 1.28. The number of nitrogens with one attached hydrogen (secondary N) is 1. The Labute approximate surface area is 102 Å². The first kappa shape index (κ1) is 11.0. The fraction of sp³-hybridized carbons (Fsp3) is 0.0833. The maximum Gasteiger partial charge on any atom is 0.251 e. The Hall–Kier alpha value is -1.55. The topological polar surface area (TPSA) is 42.2 Å². The summed E-state index contributed by atoms with van der Waals surface area (Å²) in [5.41, 5.74) is 1.59. The van der Waals surface area contributed by atoms with Crippen molar-refractivity contribution in [2.45, 2.75) is 6.54 Å². The van der Waals surface area contributed by atoms with Crippen molar-refractivity contribution in [3.63, 3.8) is 0 Å². The van der Waals surface area contributed by atoms with E-state index in [1.807, 2.05) is 18.2 Å². The van der Waals surface area contributed by atoms with E-state index < -0.39 is 0 Å². The van der Waals surface area contributed by atoms with Crippen LogP contribution in [-0.4, -0.2) is 5.91 Å². The van der Waals surface area contributed by atoms with Crippen molar-refractivity contribution in [2.75, 3.05) is 0 Å². The van der Waals surface area contributed by atoms with Gasteiger partial charge in [0.1, 0.15) is 0 Å². The molecule has 0 unspecified atom stereocenters. The zero-order valence-corrected chi connectivity index (χ0v) is 10.0. The summed E-state index contributed by atoms with van der Waals surface area (Å²) < 4.78 is 5.87. The molecule has 0 saturated carbocycles. The van der Waals surface area contributed by atoms with Gasteiger partial charge in [0.05, 0.1) is 12.5 Å². The molecule has 1 heterocycles. The average Bonchev–Trinajstić information content (AvgIpc) is 2.80. The Balaban J connectivity index is 1.95. The average molecular weight is 280 g/mol. The number of benzene rings is 1. The second-order valence-corrected chi connectivity index (χ2v) is 4.24. The number of carbonyl (C=O) groups is 1. The van der Waals surface area contributed by atoms with Gasteiger partial charge in [-0.2, -0.15) is 0 Å². The van der Waals surface area contributed by atoms with Crippen LogP contribution in [0.5, 0.6) is 0 Å². The highest BCUT2D eigenvalue weighted by molar-refractivity contribution is 9.10. The van der Waals surface area contributed by atoms with Crippen LogP contribution in [-0.2, 0) is 6.54 Å². The lowest BCUT2D eigenvalue weighted by molar-refractivity contribution is 0.0951. The molecule has 1 N–H and O–H groups in total. The van der Waals surface area contributed by atoms with Crippen LogP contribution < -0.4 is 5.32 Å². The first-order valence-corrected chi connectivity index (χ1v) is 5.60. The van der Waals surface area contributed by atoms with E-state index in [1.54, 1.807) is 24.7 Å². The number of hydrogen-bond donors (Lipinski definition) is 1. The van der Waals surface area contributed by atoms with Crippen molar-refractivity contribution >= 4 is 21.8 Å². The zero-order valence-electron chi connectivity index (χ0n) is 8.44. The molecule has 0 aliphatic heterocycles. The smallest absolute Gasteiger partial charge is 0.251 e. The molecule has 2 aromatic rings. The minimum atomic E-state index is -0.0892. The Morgan fingerprint density at radius 1 is 1.25 bits per heavy atom. The number of halogens is 1. The summed E-state index contributed by atoms with van der Waals surface area (Å²) in [6, 6.07) is 9.05. The molecular weight excluding hydrogens is 270 g/mol. The highest BCUT2D eigenvalue weighted by Crippen LogP contribution is 2.10. The van der Waals surface area contributed by atoms with E-state index >= 15 is 0 Å². The molecule has 1 amide bonds. The van der Waals surface area contributed by atoms with Crippen molar-refractivity contribution in [3.8, 4) is 0 Å². The van der Waals surface area contributed by atoms with Gasteiger partial charge in [0, 0.05) is 22.1 Å². The van der Waals surface area contributed by atoms with Gasteiger partial charge in [0.25, 0.3) is 5.91 Å². The summed E-state index contributed by atoms with van der Waals surface area (Å²) >= 11 is 3.32. The highest BCUT2D eigenvalue weighted by Gasteiger charge is 2.04. The van der Waals surface area contributed by atoms with Gasteiger partial charge in [-0.05, 0) is 30.3 Å². The van der Waals surface area contributed by atoms with Gasteiger partial charge >= 0.3 is 0 Å². The number of rotatable bonds is 3. The van der Waals surface area contributed by atoms with Crippen LogP contribution in [0.4, 0.5) is 0 Å². The van der Waals surface area contributed by atoms with Gasteiger partial charge in [0.15, 0.2) is 0 Å². The third-order valence-corrected chi connectivity index (χ3v) is 2.67. The maximum atomic E-state index is 11.7.